The van der Waals surface area contributed by atoms with Gasteiger partial charge in [-0.25, -0.2) is 0 Å². The molecule has 0 bridgehead atoms. The molecule has 3 aromatic rings. The van der Waals surface area contributed by atoms with Crippen LogP contribution in [0.15, 0.2) is 59.6 Å². The molecule has 0 saturated heterocycles. The van der Waals surface area contributed by atoms with Crippen LogP contribution < -0.4 is 31.6 Å². The average molecular weight is 644 g/mol. The van der Waals surface area contributed by atoms with E-state index in [-0.39, 0.29) is 35.1 Å². The number of rotatable bonds is 20. The molecule has 0 aliphatic carbocycles. The van der Waals surface area contributed by atoms with Gasteiger partial charge in [0.05, 0.1) is 24.0 Å². The van der Waals surface area contributed by atoms with Gasteiger partial charge in [0.1, 0.15) is 5.75 Å². The fourth-order valence-electron chi connectivity index (χ4n) is 4.92. The van der Waals surface area contributed by atoms with Crippen molar-refractivity contribution in [2.75, 3.05) is 11.9 Å². The smallest absolute Gasteiger partial charge is 0.228 e. The van der Waals surface area contributed by atoms with E-state index in [2.05, 4.69) is 22.3 Å². The van der Waals surface area contributed by atoms with Crippen molar-refractivity contribution >= 4 is 28.7 Å². The average Bonchev–Trinajstić information content (AvgIpc) is 3.46. The molecule has 224 valence electrons. The van der Waals surface area contributed by atoms with E-state index in [1.807, 2.05) is 48.0 Å². The zero-order chi connectivity index (χ0) is 28.4. The van der Waals surface area contributed by atoms with Crippen LogP contribution in [0.3, 0.4) is 0 Å². The van der Waals surface area contributed by atoms with Gasteiger partial charge in [-0.05, 0) is 31.5 Å². The van der Waals surface area contributed by atoms with Crippen LogP contribution in [0, 0.1) is 0 Å². The van der Waals surface area contributed by atoms with Crippen LogP contribution >= 0.6 is 11.3 Å². The Hall–Kier alpha value is -2.51. The number of benzene rings is 2. The molecule has 1 amide bonds. The Morgan fingerprint density at radius 3 is 2.07 bits per heavy atom. The lowest BCUT2D eigenvalue weighted by Gasteiger charge is -2.15. The summed E-state index contributed by atoms with van der Waals surface area (Å²) in [6, 6.07) is 13.4. The summed E-state index contributed by atoms with van der Waals surface area (Å²) in [5.41, 5.74) is 5.28. The van der Waals surface area contributed by atoms with Crippen molar-refractivity contribution in [3.8, 4) is 5.75 Å². The maximum atomic E-state index is 12.9. The van der Waals surface area contributed by atoms with Gasteiger partial charge in [-0.3, -0.25) is 9.59 Å². The molecule has 0 atom stereocenters. The lowest BCUT2D eigenvalue weighted by atomic mass is 10.0. The number of anilines is 1. The van der Waals surface area contributed by atoms with E-state index >= 15 is 0 Å². The highest BCUT2D eigenvalue weighted by atomic mass is 79.9. The van der Waals surface area contributed by atoms with E-state index in [0.29, 0.717) is 17.9 Å². The van der Waals surface area contributed by atoms with Gasteiger partial charge >= 0.3 is 0 Å². The van der Waals surface area contributed by atoms with E-state index in [9.17, 15) is 9.59 Å². The lowest BCUT2D eigenvalue weighted by molar-refractivity contribution is -0.683. The third-order valence-corrected chi connectivity index (χ3v) is 7.87. The maximum Gasteiger partial charge on any atom is 0.228 e. The minimum atomic E-state index is -0.129. The first-order valence-electron chi connectivity index (χ1n) is 15.1. The van der Waals surface area contributed by atoms with Gasteiger partial charge in [-0.1, -0.05) is 113 Å². The SMILES string of the molecule is CCCCCCCCCCCCCCOc1c(CC(=O)Nc2ccc(C[n+]3ccsc3)cc2)cccc1C(C)=O.[Br-]. The molecule has 0 aliphatic heterocycles. The molecular formula is C34H47BrN2O3S. The molecule has 2 aromatic carbocycles. The molecule has 7 heteroatoms. The quantitative estimate of drug-likeness (QED) is 0.0999. The number of nitrogens with zero attached hydrogens (tertiary/aromatic N) is 1. The molecule has 0 fully saturated rings. The number of Topliss-reactive ketones (excluding diaryl/α,β-unsaturated/α-hetero) is 1. The summed E-state index contributed by atoms with van der Waals surface area (Å²) < 4.78 is 8.26. The summed E-state index contributed by atoms with van der Waals surface area (Å²) in [6.45, 7) is 5.17. The highest BCUT2D eigenvalue weighted by Crippen LogP contribution is 2.26. The monoisotopic (exact) mass is 642 g/mol. The molecule has 0 saturated carbocycles. The number of carbonyl (C=O) groups excluding carboxylic acids is 2. The first-order chi connectivity index (χ1) is 19.6. The molecule has 3 rings (SSSR count). The van der Waals surface area contributed by atoms with Gasteiger partial charge in [0.15, 0.2) is 18.5 Å². The van der Waals surface area contributed by atoms with Crippen LogP contribution in [0.5, 0.6) is 5.75 Å². The number of unbranched alkanes of at least 4 members (excludes halogenated alkanes) is 11. The Morgan fingerprint density at radius 2 is 1.49 bits per heavy atom. The normalized spacial score (nSPS) is 10.7. The topological polar surface area (TPSA) is 59.3 Å². The van der Waals surface area contributed by atoms with Gasteiger partial charge in [-0.2, -0.15) is 4.57 Å². The van der Waals surface area contributed by atoms with Crippen LogP contribution in [-0.4, -0.2) is 18.3 Å². The molecule has 1 aromatic heterocycles. The summed E-state index contributed by atoms with van der Waals surface area (Å²) in [6.07, 6.45) is 17.6. The van der Waals surface area contributed by atoms with E-state index in [1.165, 1.54) is 69.8 Å². The van der Waals surface area contributed by atoms with Crippen molar-refractivity contribution in [1.82, 2.24) is 0 Å². The molecule has 41 heavy (non-hydrogen) atoms. The predicted molar refractivity (Wildman–Crippen MR) is 165 cm³/mol. The fraction of sp³-hybridized carbons (Fsp3) is 0.500. The van der Waals surface area contributed by atoms with E-state index in [0.717, 1.165) is 30.6 Å². The van der Waals surface area contributed by atoms with E-state index in [1.54, 1.807) is 24.3 Å². The van der Waals surface area contributed by atoms with Crippen molar-refractivity contribution in [3.05, 3.63) is 76.2 Å². The van der Waals surface area contributed by atoms with Crippen LogP contribution in [0.4, 0.5) is 5.69 Å². The predicted octanol–water partition coefficient (Wildman–Crippen LogP) is 5.55. The molecule has 5 nitrogen and oxygen atoms in total. The minimum Gasteiger partial charge on any atom is -1.00 e. The number of hydrogen-bond acceptors (Lipinski definition) is 4. The summed E-state index contributed by atoms with van der Waals surface area (Å²) in [7, 11) is 0. The fourth-order valence-corrected chi connectivity index (χ4v) is 5.52. The van der Waals surface area contributed by atoms with Crippen LogP contribution in [0.25, 0.3) is 0 Å². The number of ketones is 1. The molecule has 0 spiro atoms. The first kappa shape index (κ1) is 34.7. The number of hydrogen-bond donors (Lipinski definition) is 1. The first-order valence-corrected chi connectivity index (χ1v) is 16.1. The van der Waals surface area contributed by atoms with E-state index < -0.39 is 0 Å². The molecule has 1 N–H and O–H groups in total. The van der Waals surface area contributed by atoms with Crippen molar-refractivity contribution in [1.29, 1.82) is 0 Å². The Balaban J connectivity index is 0.00000588. The van der Waals surface area contributed by atoms with Crippen molar-refractivity contribution in [2.24, 2.45) is 0 Å². The Morgan fingerprint density at radius 1 is 0.854 bits per heavy atom. The Kier molecular flexibility index (Phi) is 17.2. The number of amides is 1. The second kappa shape index (κ2) is 20.4. The van der Waals surface area contributed by atoms with E-state index in [4.69, 9.17) is 4.74 Å². The zero-order valence-electron chi connectivity index (χ0n) is 24.8. The second-order valence-electron chi connectivity index (χ2n) is 10.7. The minimum absolute atomic E-state index is 0. The van der Waals surface area contributed by atoms with Crippen LogP contribution in [-0.2, 0) is 17.8 Å². The molecule has 0 aliphatic rings. The van der Waals surface area contributed by atoms with Gasteiger partial charge < -0.3 is 27.0 Å². The van der Waals surface area contributed by atoms with Gasteiger partial charge in [0, 0.05) is 16.8 Å². The number of thiazole rings is 1. The number of aromatic nitrogens is 1. The maximum absolute atomic E-state index is 12.9. The van der Waals surface area contributed by atoms with Crippen molar-refractivity contribution in [3.63, 3.8) is 0 Å². The highest BCUT2D eigenvalue weighted by Gasteiger charge is 2.16. The number of carbonyl (C=O) groups is 2. The molecule has 0 radical (unpaired) electrons. The largest absolute Gasteiger partial charge is 1.00 e. The van der Waals surface area contributed by atoms with Crippen LogP contribution in [0.1, 0.15) is 112 Å². The number of nitrogens with one attached hydrogen (secondary N) is 1. The standard InChI is InChI=1S/C34H46N2O3S.BrH/c1-3-4-5-6-7-8-9-10-11-12-13-14-23-39-34-30(16-15-17-32(34)28(2)37)25-33(38)35-31-20-18-29(19-21-31)26-36-22-24-40-27-36;/h15-22,24,27H,3-14,23,25-26H2,1-2H3;1H. The zero-order valence-corrected chi connectivity index (χ0v) is 27.2. The molecular weight excluding hydrogens is 596 g/mol. The summed E-state index contributed by atoms with van der Waals surface area (Å²) >= 11 is 1.66. The summed E-state index contributed by atoms with van der Waals surface area (Å²) in [5, 5.41) is 5.03. The summed E-state index contributed by atoms with van der Waals surface area (Å²) in [5.74, 6) is 0.373. The molecule has 1 heterocycles. The highest BCUT2D eigenvalue weighted by molar-refractivity contribution is 7.07. The third-order valence-electron chi connectivity index (χ3n) is 7.20. The number of para-hydroxylation sites is 1. The molecule has 0 unspecified atom stereocenters. The van der Waals surface area contributed by atoms with Crippen LogP contribution in [0.2, 0.25) is 0 Å². The van der Waals surface area contributed by atoms with Crippen molar-refractivity contribution in [2.45, 2.75) is 104 Å². The second-order valence-corrected chi connectivity index (χ2v) is 11.5. The van der Waals surface area contributed by atoms with Gasteiger partial charge in [-0.15, -0.1) is 0 Å². The Labute approximate surface area is 261 Å². The number of ether oxygens (including phenoxy) is 1. The van der Waals surface area contributed by atoms with Crippen molar-refractivity contribution < 1.29 is 35.9 Å². The van der Waals surface area contributed by atoms with Gasteiger partial charge in [0.2, 0.25) is 11.4 Å². The Bertz CT molecular complexity index is 1150. The lowest BCUT2D eigenvalue weighted by Crippen LogP contribution is -3.00. The van der Waals surface area contributed by atoms with Gasteiger partial charge in [0.25, 0.3) is 0 Å². The third kappa shape index (κ3) is 13.3. The number of halogens is 1. The summed E-state index contributed by atoms with van der Waals surface area (Å²) in [4.78, 5) is 25.2.